The maximum atomic E-state index is 12.2. The van der Waals surface area contributed by atoms with E-state index in [9.17, 15) is 18.0 Å². The topological polar surface area (TPSA) is 111 Å². The van der Waals surface area contributed by atoms with Crippen LogP contribution < -0.4 is 14.8 Å². The second kappa shape index (κ2) is 10.0. The lowest BCUT2D eigenvalue weighted by Gasteiger charge is -2.16. The first-order valence-corrected chi connectivity index (χ1v) is 10.5. The minimum atomic E-state index is -3.66. The number of aryl methyl sites for hydroxylation is 1. The molecule has 156 valence electrons. The Morgan fingerprint density at radius 2 is 1.79 bits per heavy atom. The monoisotopic (exact) mass is 420 g/mol. The van der Waals surface area contributed by atoms with Gasteiger partial charge in [-0.15, -0.1) is 0 Å². The number of carbonyl (C=O) groups is 2. The molecule has 0 aromatic heterocycles. The zero-order chi connectivity index (χ0) is 21.4. The number of anilines is 1. The highest BCUT2D eigenvalue weighted by molar-refractivity contribution is 7.89. The van der Waals surface area contributed by atoms with Crippen LogP contribution >= 0.6 is 0 Å². The molecule has 0 saturated heterocycles. The Hall–Kier alpha value is -2.91. The van der Waals surface area contributed by atoms with E-state index in [1.807, 2.05) is 6.07 Å². The van der Waals surface area contributed by atoms with Crippen molar-refractivity contribution >= 4 is 27.6 Å². The first-order valence-electron chi connectivity index (χ1n) is 8.99. The van der Waals surface area contributed by atoms with E-state index in [4.69, 9.17) is 9.47 Å². The van der Waals surface area contributed by atoms with Gasteiger partial charge in [0.05, 0.1) is 4.90 Å². The van der Waals surface area contributed by atoms with Crippen molar-refractivity contribution in [2.45, 2.75) is 31.3 Å². The number of hydrogen-bond acceptors (Lipinski definition) is 6. The van der Waals surface area contributed by atoms with Crippen LogP contribution in [0.3, 0.4) is 0 Å². The fourth-order valence-electron chi connectivity index (χ4n) is 2.47. The third kappa shape index (κ3) is 6.30. The second-order valence-electron chi connectivity index (χ2n) is 6.17. The molecule has 0 spiro atoms. The lowest BCUT2D eigenvalue weighted by molar-refractivity contribution is -0.154. The van der Waals surface area contributed by atoms with Gasteiger partial charge in [0.1, 0.15) is 5.75 Å². The van der Waals surface area contributed by atoms with Crippen molar-refractivity contribution in [3.63, 3.8) is 0 Å². The zero-order valence-corrected chi connectivity index (χ0v) is 17.3. The van der Waals surface area contributed by atoms with Crippen molar-refractivity contribution in [2.24, 2.45) is 0 Å². The van der Waals surface area contributed by atoms with Crippen LogP contribution in [0.25, 0.3) is 0 Å². The van der Waals surface area contributed by atoms with Crippen molar-refractivity contribution in [1.82, 2.24) is 4.72 Å². The first-order chi connectivity index (χ1) is 13.8. The molecule has 2 aromatic rings. The quantitative estimate of drug-likeness (QED) is 0.602. The van der Waals surface area contributed by atoms with Crippen LogP contribution in [0.5, 0.6) is 5.75 Å². The molecule has 0 aliphatic rings. The third-order valence-corrected chi connectivity index (χ3v) is 5.59. The van der Waals surface area contributed by atoms with Crippen LogP contribution in [-0.4, -0.2) is 40.1 Å². The molecular weight excluding hydrogens is 396 g/mol. The molecular formula is C20H24N2O6S. The summed E-state index contributed by atoms with van der Waals surface area (Å²) in [6, 6.07) is 13.3. The van der Waals surface area contributed by atoms with Crippen LogP contribution in [0, 0.1) is 6.92 Å². The Bertz CT molecular complexity index is 960. The minimum absolute atomic E-state index is 0.0529. The van der Waals surface area contributed by atoms with Gasteiger partial charge in [0.15, 0.2) is 12.7 Å². The SMILES string of the molecule is CC[C@@H](Oc1ccccc1)C(=O)OCC(=O)Nc1ccc(C)c(S(=O)(=O)NC)c1. The molecule has 1 amide bonds. The van der Waals surface area contributed by atoms with Crippen molar-refractivity contribution in [1.29, 1.82) is 0 Å². The maximum absolute atomic E-state index is 12.2. The van der Waals surface area contributed by atoms with Gasteiger partial charge in [0, 0.05) is 5.69 Å². The lowest BCUT2D eigenvalue weighted by Crippen LogP contribution is -2.31. The number of sulfonamides is 1. The minimum Gasteiger partial charge on any atom is -0.479 e. The molecule has 2 aromatic carbocycles. The van der Waals surface area contributed by atoms with Crippen molar-refractivity contribution < 1.29 is 27.5 Å². The molecule has 0 radical (unpaired) electrons. The molecule has 2 N–H and O–H groups in total. The van der Waals surface area contributed by atoms with Gasteiger partial charge < -0.3 is 14.8 Å². The molecule has 0 bridgehead atoms. The number of ether oxygens (including phenoxy) is 2. The molecule has 1 atom stereocenters. The summed E-state index contributed by atoms with van der Waals surface area (Å²) in [5.74, 6) is -0.725. The first kappa shape index (κ1) is 22.4. The van der Waals surface area contributed by atoms with Crippen molar-refractivity contribution in [3.05, 3.63) is 54.1 Å². The average molecular weight is 420 g/mol. The molecule has 0 saturated carbocycles. The van der Waals surface area contributed by atoms with E-state index in [1.165, 1.54) is 13.1 Å². The van der Waals surface area contributed by atoms with Gasteiger partial charge in [-0.1, -0.05) is 31.2 Å². The highest BCUT2D eigenvalue weighted by Crippen LogP contribution is 2.20. The Morgan fingerprint density at radius 1 is 1.10 bits per heavy atom. The molecule has 0 unspecified atom stereocenters. The lowest BCUT2D eigenvalue weighted by atomic mass is 10.2. The number of benzene rings is 2. The normalized spacial score (nSPS) is 12.1. The zero-order valence-electron chi connectivity index (χ0n) is 16.5. The van der Waals surface area contributed by atoms with Crippen LogP contribution in [0.1, 0.15) is 18.9 Å². The number of carbonyl (C=O) groups excluding carboxylic acids is 2. The number of rotatable bonds is 9. The van der Waals surface area contributed by atoms with Crippen LogP contribution in [0.15, 0.2) is 53.4 Å². The van der Waals surface area contributed by atoms with E-state index in [2.05, 4.69) is 10.0 Å². The van der Waals surface area contributed by atoms with E-state index < -0.39 is 34.6 Å². The molecule has 9 heteroatoms. The second-order valence-corrected chi connectivity index (χ2v) is 8.03. The number of esters is 1. The largest absolute Gasteiger partial charge is 0.479 e. The predicted octanol–water partition coefficient (Wildman–Crippen LogP) is 2.24. The van der Waals surface area contributed by atoms with Gasteiger partial charge in [-0.3, -0.25) is 4.79 Å². The van der Waals surface area contributed by atoms with Gasteiger partial charge >= 0.3 is 5.97 Å². The van der Waals surface area contributed by atoms with E-state index in [1.54, 1.807) is 50.2 Å². The number of para-hydroxylation sites is 1. The molecule has 29 heavy (non-hydrogen) atoms. The summed E-state index contributed by atoms with van der Waals surface area (Å²) in [7, 11) is -2.35. The molecule has 0 aliphatic carbocycles. The van der Waals surface area contributed by atoms with Crippen molar-refractivity contribution in [2.75, 3.05) is 19.0 Å². The van der Waals surface area contributed by atoms with Gasteiger partial charge in [0.2, 0.25) is 10.0 Å². The Kier molecular flexibility index (Phi) is 7.74. The Balaban J connectivity index is 1.95. The Labute approximate surface area is 170 Å². The summed E-state index contributed by atoms with van der Waals surface area (Å²) in [6.45, 7) is 2.90. The Morgan fingerprint density at radius 3 is 2.41 bits per heavy atom. The highest BCUT2D eigenvalue weighted by Gasteiger charge is 2.21. The highest BCUT2D eigenvalue weighted by atomic mass is 32.2. The summed E-state index contributed by atoms with van der Waals surface area (Å²) >= 11 is 0. The van der Waals surface area contributed by atoms with Crippen LogP contribution in [-0.2, 0) is 24.3 Å². The third-order valence-electron chi connectivity index (χ3n) is 4.03. The van der Waals surface area contributed by atoms with Crippen molar-refractivity contribution in [3.8, 4) is 5.75 Å². The standard InChI is InChI=1S/C20H24N2O6S/c1-4-17(28-16-8-6-5-7-9-16)20(24)27-13-19(23)22-15-11-10-14(2)18(12-15)29(25,26)21-3/h5-12,17,21H,4,13H2,1-3H3,(H,22,23)/t17-/m1/s1. The van der Waals surface area contributed by atoms with E-state index in [0.717, 1.165) is 0 Å². The molecule has 0 fully saturated rings. The van der Waals surface area contributed by atoms with Crippen LogP contribution in [0.4, 0.5) is 5.69 Å². The predicted molar refractivity (Wildman–Crippen MR) is 108 cm³/mol. The summed E-state index contributed by atoms with van der Waals surface area (Å²) in [5.41, 5.74) is 0.811. The molecule has 0 aliphatic heterocycles. The number of nitrogens with one attached hydrogen (secondary N) is 2. The van der Waals surface area contributed by atoms with E-state index in [-0.39, 0.29) is 10.6 Å². The van der Waals surface area contributed by atoms with Gasteiger partial charge in [-0.25, -0.2) is 17.9 Å². The number of hydrogen-bond donors (Lipinski definition) is 2. The van der Waals surface area contributed by atoms with Gasteiger partial charge in [0.25, 0.3) is 5.91 Å². The number of amides is 1. The summed E-state index contributed by atoms with van der Waals surface area (Å²) < 4.78 is 36.9. The molecule has 2 rings (SSSR count). The molecule has 0 heterocycles. The summed E-state index contributed by atoms with van der Waals surface area (Å²) in [4.78, 5) is 24.4. The van der Waals surface area contributed by atoms with Crippen LogP contribution in [0.2, 0.25) is 0 Å². The van der Waals surface area contributed by atoms with E-state index in [0.29, 0.717) is 17.7 Å². The summed E-state index contributed by atoms with van der Waals surface area (Å²) in [5, 5.41) is 2.52. The fourth-order valence-corrected chi connectivity index (χ4v) is 3.46. The smallest absolute Gasteiger partial charge is 0.347 e. The maximum Gasteiger partial charge on any atom is 0.347 e. The summed E-state index contributed by atoms with van der Waals surface area (Å²) in [6.07, 6.45) is -0.463. The van der Waals surface area contributed by atoms with Gasteiger partial charge in [-0.2, -0.15) is 0 Å². The molecule has 8 nitrogen and oxygen atoms in total. The fraction of sp³-hybridized carbons (Fsp3) is 0.300. The van der Waals surface area contributed by atoms with E-state index >= 15 is 0 Å². The average Bonchev–Trinajstić information content (AvgIpc) is 2.72. The van der Waals surface area contributed by atoms with Gasteiger partial charge in [-0.05, 0) is 50.2 Å².